The third kappa shape index (κ3) is 2.92. The first-order chi connectivity index (χ1) is 8.20. The minimum absolute atomic E-state index is 0.268. The fraction of sp³-hybridized carbons (Fsp3) is 0.250. The predicted molar refractivity (Wildman–Crippen MR) is 68.6 cm³/mol. The van der Waals surface area contributed by atoms with Crippen LogP contribution in [-0.2, 0) is 6.54 Å². The maximum absolute atomic E-state index is 13.9. The molecule has 1 heterocycles. The van der Waals surface area contributed by atoms with Crippen LogP contribution in [0, 0.1) is 5.82 Å². The molecule has 0 spiro atoms. The summed E-state index contributed by atoms with van der Waals surface area (Å²) in [6.45, 7) is 3.57. The van der Waals surface area contributed by atoms with Gasteiger partial charge in [0, 0.05) is 12.7 Å². The van der Waals surface area contributed by atoms with Crippen LogP contribution in [0.3, 0.4) is 0 Å². The van der Waals surface area contributed by atoms with Crippen molar-refractivity contribution in [2.45, 2.75) is 13.5 Å². The van der Waals surface area contributed by atoms with E-state index in [2.05, 4.69) is 26.3 Å². The van der Waals surface area contributed by atoms with Crippen molar-refractivity contribution in [2.75, 3.05) is 6.54 Å². The Kier molecular flexibility index (Phi) is 3.91. The van der Waals surface area contributed by atoms with Crippen molar-refractivity contribution in [1.29, 1.82) is 0 Å². The third-order valence-corrected chi connectivity index (χ3v) is 2.80. The Morgan fingerprint density at radius 1 is 1.47 bits per heavy atom. The fourth-order valence-corrected chi connectivity index (χ4v) is 1.83. The number of aromatic nitrogens is 2. The molecule has 1 aromatic heterocycles. The average molecular weight is 298 g/mol. The zero-order chi connectivity index (χ0) is 12.3. The van der Waals surface area contributed by atoms with Gasteiger partial charge >= 0.3 is 0 Å². The summed E-state index contributed by atoms with van der Waals surface area (Å²) in [6.07, 6.45) is 3.36. The van der Waals surface area contributed by atoms with Crippen LogP contribution in [0.5, 0.6) is 0 Å². The molecule has 17 heavy (non-hydrogen) atoms. The first-order valence-electron chi connectivity index (χ1n) is 5.40. The number of nitrogens with zero attached hydrogens (tertiary/aromatic N) is 2. The summed E-state index contributed by atoms with van der Waals surface area (Å²) in [5, 5.41) is 7.21. The first kappa shape index (κ1) is 12.3. The van der Waals surface area contributed by atoms with Gasteiger partial charge in [-0.15, -0.1) is 0 Å². The molecule has 2 aromatic rings. The van der Waals surface area contributed by atoms with Crippen molar-refractivity contribution >= 4 is 15.9 Å². The van der Waals surface area contributed by atoms with Crippen LogP contribution < -0.4 is 5.32 Å². The number of halogens is 2. The summed E-state index contributed by atoms with van der Waals surface area (Å²) < 4.78 is 16.2. The Bertz CT molecular complexity index is 510. The Morgan fingerprint density at radius 3 is 2.88 bits per heavy atom. The molecule has 0 aliphatic rings. The molecule has 0 amide bonds. The Hall–Kier alpha value is -1.20. The van der Waals surface area contributed by atoms with Gasteiger partial charge in [-0.05, 0) is 40.2 Å². The topological polar surface area (TPSA) is 29.9 Å². The van der Waals surface area contributed by atoms with Crippen molar-refractivity contribution in [3.8, 4) is 5.69 Å². The molecule has 0 saturated heterocycles. The number of rotatable bonds is 4. The number of hydrogen-bond acceptors (Lipinski definition) is 2. The van der Waals surface area contributed by atoms with Gasteiger partial charge in [0.1, 0.15) is 11.5 Å². The van der Waals surface area contributed by atoms with E-state index in [0.717, 1.165) is 16.6 Å². The molecule has 1 N–H and O–H groups in total. The summed E-state index contributed by atoms with van der Waals surface area (Å²) in [7, 11) is 0. The zero-order valence-corrected chi connectivity index (χ0v) is 11.0. The minimum Gasteiger partial charge on any atom is -0.313 e. The van der Waals surface area contributed by atoms with Gasteiger partial charge in [-0.1, -0.05) is 13.0 Å². The molecule has 0 fully saturated rings. The fourth-order valence-electron chi connectivity index (χ4n) is 1.55. The van der Waals surface area contributed by atoms with Gasteiger partial charge in [0.2, 0.25) is 0 Å². The van der Waals surface area contributed by atoms with Gasteiger partial charge in [-0.2, -0.15) is 5.10 Å². The SMILES string of the molecule is CCNCc1ccc(-n2cc(Br)cn2)c(F)c1. The van der Waals surface area contributed by atoms with Gasteiger partial charge in [0.15, 0.2) is 0 Å². The first-order valence-corrected chi connectivity index (χ1v) is 6.19. The van der Waals surface area contributed by atoms with E-state index in [1.807, 2.05) is 13.0 Å². The van der Waals surface area contributed by atoms with E-state index in [9.17, 15) is 4.39 Å². The molecule has 90 valence electrons. The lowest BCUT2D eigenvalue weighted by atomic mass is 10.2. The van der Waals surface area contributed by atoms with E-state index in [1.54, 1.807) is 18.5 Å². The van der Waals surface area contributed by atoms with E-state index < -0.39 is 0 Å². The molecular weight excluding hydrogens is 285 g/mol. The van der Waals surface area contributed by atoms with Crippen molar-refractivity contribution in [3.63, 3.8) is 0 Å². The highest BCUT2D eigenvalue weighted by Crippen LogP contribution is 2.17. The second-order valence-electron chi connectivity index (χ2n) is 3.67. The van der Waals surface area contributed by atoms with Crippen LogP contribution in [0.15, 0.2) is 35.1 Å². The van der Waals surface area contributed by atoms with Gasteiger partial charge < -0.3 is 5.32 Å². The Morgan fingerprint density at radius 2 is 2.29 bits per heavy atom. The second kappa shape index (κ2) is 5.42. The average Bonchev–Trinajstić information content (AvgIpc) is 2.73. The number of nitrogens with one attached hydrogen (secondary N) is 1. The van der Waals surface area contributed by atoms with E-state index in [0.29, 0.717) is 12.2 Å². The van der Waals surface area contributed by atoms with Gasteiger partial charge in [0.05, 0.1) is 10.7 Å². The molecule has 1 aromatic carbocycles. The lowest BCUT2D eigenvalue weighted by molar-refractivity contribution is 0.605. The minimum atomic E-state index is -0.268. The van der Waals surface area contributed by atoms with E-state index >= 15 is 0 Å². The quantitative estimate of drug-likeness (QED) is 0.940. The van der Waals surface area contributed by atoms with E-state index in [-0.39, 0.29) is 5.82 Å². The molecule has 0 radical (unpaired) electrons. The van der Waals surface area contributed by atoms with Crippen molar-refractivity contribution in [3.05, 3.63) is 46.4 Å². The predicted octanol–water partition coefficient (Wildman–Crippen LogP) is 2.88. The summed E-state index contributed by atoms with van der Waals surface area (Å²) in [4.78, 5) is 0. The Balaban J connectivity index is 2.25. The monoisotopic (exact) mass is 297 g/mol. The highest BCUT2D eigenvalue weighted by molar-refractivity contribution is 9.10. The molecule has 0 unspecified atom stereocenters. The van der Waals surface area contributed by atoms with Gasteiger partial charge in [-0.3, -0.25) is 0 Å². The maximum atomic E-state index is 13.9. The van der Waals surface area contributed by atoms with E-state index in [4.69, 9.17) is 0 Å². The van der Waals surface area contributed by atoms with Crippen LogP contribution in [0.2, 0.25) is 0 Å². The molecule has 0 atom stereocenters. The molecule has 0 bridgehead atoms. The molecule has 2 rings (SSSR count). The van der Waals surface area contributed by atoms with Crippen LogP contribution in [0.4, 0.5) is 4.39 Å². The van der Waals surface area contributed by atoms with Crippen LogP contribution >= 0.6 is 15.9 Å². The highest BCUT2D eigenvalue weighted by atomic mass is 79.9. The normalized spacial score (nSPS) is 10.8. The smallest absolute Gasteiger partial charge is 0.149 e. The lowest BCUT2D eigenvalue weighted by Crippen LogP contribution is -2.12. The second-order valence-corrected chi connectivity index (χ2v) is 4.58. The summed E-state index contributed by atoms with van der Waals surface area (Å²) in [6, 6.07) is 5.17. The number of benzene rings is 1. The van der Waals surface area contributed by atoms with Crippen molar-refractivity contribution < 1.29 is 4.39 Å². The standard InChI is InChI=1S/C12H13BrFN3/c1-2-15-6-9-3-4-12(11(14)5-9)17-8-10(13)7-16-17/h3-5,7-8,15H,2,6H2,1H3. The molecule has 0 aliphatic carbocycles. The molecule has 3 nitrogen and oxygen atoms in total. The van der Waals surface area contributed by atoms with Crippen molar-refractivity contribution in [1.82, 2.24) is 15.1 Å². The molecule has 5 heteroatoms. The summed E-state index contributed by atoms with van der Waals surface area (Å²) in [5.41, 5.74) is 1.38. The van der Waals surface area contributed by atoms with Crippen molar-refractivity contribution in [2.24, 2.45) is 0 Å². The molecule has 0 aliphatic heterocycles. The summed E-state index contributed by atoms with van der Waals surface area (Å²) >= 11 is 3.29. The van der Waals surface area contributed by atoms with Gasteiger partial charge in [-0.25, -0.2) is 9.07 Å². The third-order valence-electron chi connectivity index (χ3n) is 2.39. The largest absolute Gasteiger partial charge is 0.313 e. The van der Waals surface area contributed by atoms with Gasteiger partial charge in [0.25, 0.3) is 0 Å². The van der Waals surface area contributed by atoms with Crippen LogP contribution in [-0.4, -0.2) is 16.3 Å². The number of hydrogen-bond donors (Lipinski definition) is 1. The van der Waals surface area contributed by atoms with Crippen LogP contribution in [0.25, 0.3) is 5.69 Å². The molecule has 0 saturated carbocycles. The molecular formula is C12H13BrFN3. The van der Waals surface area contributed by atoms with E-state index in [1.165, 1.54) is 10.7 Å². The van der Waals surface area contributed by atoms with Crippen LogP contribution in [0.1, 0.15) is 12.5 Å². The highest BCUT2D eigenvalue weighted by Gasteiger charge is 2.06. The Labute approximate surface area is 108 Å². The maximum Gasteiger partial charge on any atom is 0.149 e. The summed E-state index contributed by atoms with van der Waals surface area (Å²) in [5.74, 6) is -0.268. The lowest BCUT2D eigenvalue weighted by Gasteiger charge is -2.06. The zero-order valence-electron chi connectivity index (χ0n) is 9.45.